The topological polar surface area (TPSA) is 61.9 Å². The smallest absolute Gasteiger partial charge is 0.323 e. The van der Waals surface area contributed by atoms with Crippen LogP contribution in [0.5, 0.6) is 5.75 Å². The zero-order valence-electron chi connectivity index (χ0n) is 22.9. The Labute approximate surface area is 229 Å². The number of fused-ring (bicyclic) bond motifs is 2. The molecule has 0 aromatic heterocycles. The molecule has 6 nitrogen and oxygen atoms in total. The standard InChI is InChI=1S/C31H35N3O3S/c1-20-7-12-24(17-21(20)2)32-29(36)34-15-16-38-31(34)26-18-25(37-6)13-14-27(26)33(28(31)35)19-22-8-10-23(11-9-22)30(3,4)5/h7-14,17-18H,15-16,19H2,1-6H3,(H,32,36)/t31-/m0/s1. The Morgan fingerprint density at radius 2 is 1.76 bits per heavy atom. The summed E-state index contributed by atoms with van der Waals surface area (Å²) in [5.74, 6) is 1.23. The van der Waals surface area contributed by atoms with Crippen molar-refractivity contribution in [2.45, 2.75) is 51.4 Å². The van der Waals surface area contributed by atoms with Crippen LogP contribution in [0.4, 0.5) is 16.2 Å². The Balaban J connectivity index is 1.50. The fraction of sp³-hybridized carbons (Fsp3) is 0.355. The average molecular weight is 530 g/mol. The third kappa shape index (κ3) is 4.43. The number of rotatable bonds is 4. The molecular weight excluding hydrogens is 494 g/mol. The van der Waals surface area contributed by atoms with Crippen molar-refractivity contribution in [1.29, 1.82) is 0 Å². The van der Waals surface area contributed by atoms with Crippen LogP contribution in [0.1, 0.15) is 48.6 Å². The zero-order chi connectivity index (χ0) is 27.2. The van der Waals surface area contributed by atoms with Crippen molar-refractivity contribution >= 4 is 35.1 Å². The van der Waals surface area contributed by atoms with E-state index >= 15 is 0 Å². The first kappa shape index (κ1) is 26.2. The number of carbonyl (C=O) groups excluding carboxylic acids is 2. The molecule has 0 saturated carbocycles. The van der Waals surface area contributed by atoms with E-state index in [1.165, 1.54) is 17.3 Å². The van der Waals surface area contributed by atoms with Gasteiger partial charge >= 0.3 is 6.03 Å². The normalized spacial score (nSPS) is 18.7. The molecule has 0 bridgehead atoms. The predicted molar refractivity (Wildman–Crippen MR) is 155 cm³/mol. The van der Waals surface area contributed by atoms with Gasteiger partial charge < -0.3 is 15.0 Å². The third-order valence-corrected chi connectivity index (χ3v) is 8.98. The first-order valence-electron chi connectivity index (χ1n) is 12.9. The summed E-state index contributed by atoms with van der Waals surface area (Å²) >= 11 is 1.51. The molecule has 3 amide bonds. The average Bonchev–Trinajstić information content (AvgIpc) is 3.43. The van der Waals surface area contributed by atoms with Gasteiger partial charge in [-0.3, -0.25) is 9.69 Å². The number of thioether (sulfide) groups is 1. The van der Waals surface area contributed by atoms with Crippen LogP contribution in [0.15, 0.2) is 60.7 Å². The number of methoxy groups -OCH3 is 1. The summed E-state index contributed by atoms with van der Waals surface area (Å²) in [7, 11) is 1.62. The van der Waals surface area contributed by atoms with Crippen LogP contribution >= 0.6 is 11.8 Å². The van der Waals surface area contributed by atoms with Crippen molar-refractivity contribution in [1.82, 2.24) is 4.90 Å². The van der Waals surface area contributed by atoms with E-state index in [0.29, 0.717) is 24.6 Å². The maximum atomic E-state index is 14.3. The molecule has 1 saturated heterocycles. The molecule has 7 heteroatoms. The highest BCUT2D eigenvalue weighted by atomic mass is 32.2. The lowest BCUT2D eigenvalue weighted by Crippen LogP contribution is -2.51. The number of aryl methyl sites for hydroxylation is 2. The van der Waals surface area contributed by atoms with Crippen LogP contribution in [0.3, 0.4) is 0 Å². The predicted octanol–water partition coefficient (Wildman–Crippen LogP) is 6.59. The Kier molecular flexibility index (Phi) is 6.68. The van der Waals surface area contributed by atoms with E-state index in [4.69, 9.17) is 4.74 Å². The van der Waals surface area contributed by atoms with Crippen LogP contribution in [0, 0.1) is 13.8 Å². The van der Waals surface area contributed by atoms with E-state index in [2.05, 4.69) is 50.4 Å². The fourth-order valence-electron chi connectivity index (χ4n) is 5.18. The second-order valence-corrected chi connectivity index (χ2v) is 12.4. The molecule has 1 fully saturated rings. The zero-order valence-corrected chi connectivity index (χ0v) is 23.7. The molecule has 198 valence electrons. The Morgan fingerprint density at radius 3 is 2.42 bits per heavy atom. The molecule has 0 aliphatic carbocycles. The molecule has 3 aromatic carbocycles. The summed E-state index contributed by atoms with van der Waals surface area (Å²) in [6.45, 7) is 11.5. The monoisotopic (exact) mass is 529 g/mol. The number of hydrogen-bond donors (Lipinski definition) is 1. The van der Waals surface area contributed by atoms with Crippen LogP contribution in [0.2, 0.25) is 0 Å². The molecule has 0 radical (unpaired) electrons. The molecular formula is C31H35N3O3S. The second kappa shape index (κ2) is 9.70. The Hall–Kier alpha value is -3.45. The van der Waals surface area contributed by atoms with Gasteiger partial charge in [0.1, 0.15) is 5.75 Å². The summed E-state index contributed by atoms with van der Waals surface area (Å²) in [6, 6.07) is 19.7. The number of hydrogen-bond acceptors (Lipinski definition) is 4. The number of urea groups is 1. The minimum Gasteiger partial charge on any atom is -0.497 e. The minimum absolute atomic E-state index is 0.0551. The lowest BCUT2D eigenvalue weighted by atomic mass is 9.87. The van der Waals surface area contributed by atoms with Gasteiger partial charge in [-0.05, 0) is 71.8 Å². The number of nitrogens with one attached hydrogen (secondary N) is 1. The third-order valence-electron chi connectivity index (χ3n) is 7.56. The summed E-state index contributed by atoms with van der Waals surface area (Å²) in [4.78, 5) is 30.4. The summed E-state index contributed by atoms with van der Waals surface area (Å²) in [5.41, 5.74) is 6.94. The van der Waals surface area contributed by atoms with Gasteiger partial charge in [-0.1, -0.05) is 51.1 Å². The molecule has 2 heterocycles. The first-order chi connectivity index (χ1) is 18.0. The van der Waals surface area contributed by atoms with E-state index < -0.39 is 4.87 Å². The lowest BCUT2D eigenvalue weighted by Gasteiger charge is -2.33. The molecule has 1 N–H and O–H groups in total. The van der Waals surface area contributed by atoms with Gasteiger partial charge in [0.15, 0.2) is 4.87 Å². The van der Waals surface area contributed by atoms with E-state index in [1.807, 2.05) is 55.1 Å². The SMILES string of the molecule is COc1ccc2c(c1)[C@]1(SCCN1C(=O)Nc1ccc(C)c(C)c1)C(=O)N2Cc1ccc(C(C)(C)C)cc1. The summed E-state index contributed by atoms with van der Waals surface area (Å²) in [5, 5.41) is 3.04. The van der Waals surface area contributed by atoms with Crippen LogP contribution in [0.25, 0.3) is 0 Å². The van der Waals surface area contributed by atoms with E-state index in [9.17, 15) is 9.59 Å². The number of benzene rings is 3. The molecule has 5 rings (SSSR count). The van der Waals surface area contributed by atoms with E-state index in [-0.39, 0.29) is 17.4 Å². The quantitative estimate of drug-likeness (QED) is 0.414. The van der Waals surface area contributed by atoms with Crippen molar-refractivity contribution < 1.29 is 14.3 Å². The maximum absolute atomic E-state index is 14.3. The molecule has 3 aromatic rings. The summed E-state index contributed by atoms with van der Waals surface area (Å²) < 4.78 is 5.53. The first-order valence-corrected chi connectivity index (χ1v) is 13.9. The van der Waals surface area contributed by atoms with Gasteiger partial charge in [-0.2, -0.15) is 0 Å². The molecule has 2 aliphatic rings. The van der Waals surface area contributed by atoms with Gasteiger partial charge in [0.2, 0.25) is 0 Å². The Morgan fingerprint density at radius 1 is 1.03 bits per heavy atom. The Bertz CT molecular complexity index is 1400. The van der Waals surface area contributed by atoms with Gasteiger partial charge in [-0.25, -0.2) is 4.79 Å². The van der Waals surface area contributed by atoms with Crippen LogP contribution < -0.4 is 15.0 Å². The van der Waals surface area contributed by atoms with Crippen molar-refractivity contribution in [3.05, 3.63) is 88.5 Å². The van der Waals surface area contributed by atoms with Crippen molar-refractivity contribution in [2.24, 2.45) is 0 Å². The van der Waals surface area contributed by atoms with Crippen molar-refractivity contribution in [3.8, 4) is 5.75 Å². The number of anilines is 2. The van der Waals surface area contributed by atoms with E-state index in [1.54, 1.807) is 12.0 Å². The minimum atomic E-state index is -1.14. The second-order valence-electron chi connectivity index (χ2n) is 11.1. The molecule has 1 spiro atoms. The van der Waals surface area contributed by atoms with Crippen LogP contribution in [-0.2, 0) is 21.6 Å². The number of carbonyl (C=O) groups is 2. The highest BCUT2D eigenvalue weighted by Crippen LogP contribution is 2.55. The maximum Gasteiger partial charge on any atom is 0.323 e. The van der Waals surface area contributed by atoms with Crippen molar-refractivity contribution in [3.63, 3.8) is 0 Å². The van der Waals surface area contributed by atoms with Crippen LogP contribution in [-0.4, -0.2) is 36.2 Å². The van der Waals surface area contributed by atoms with Crippen molar-refractivity contribution in [2.75, 3.05) is 29.6 Å². The van der Waals surface area contributed by atoms with Gasteiger partial charge in [0.25, 0.3) is 5.91 Å². The molecule has 0 unspecified atom stereocenters. The molecule has 1 atom stereocenters. The lowest BCUT2D eigenvalue weighted by molar-refractivity contribution is -0.123. The molecule has 2 aliphatic heterocycles. The fourth-order valence-corrected chi connectivity index (χ4v) is 6.63. The van der Waals surface area contributed by atoms with Gasteiger partial charge in [0.05, 0.1) is 19.3 Å². The van der Waals surface area contributed by atoms with E-state index in [0.717, 1.165) is 33.6 Å². The number of nitrogens with zero attached hydrogens (tertiary/aromatic N) is 2. The van der Waals surface area contributed by atoms with Gasteiger partial charge in [-0.15, -0.1) is 11.8 Å². The largest absolute Gasteiger partial charge is 0.497 e. The number of ether oxygens (including phenoxy) is 1. The highest BCUT2D eigenvalue weighted by molar-refractivity contribution is 8.01. The molecule has 38 heavy (non-hydrogen) atoms. The van der Waals surface area contributed by atoms with Gasteiger partial charge in [0, 0.05) is 23.5 Å². The highest BCUT2D eigenvalue weighted by Gasteiger charge is 2.59. The summed E-state index contributed by atoms with van der Waals surface area (Å²) in [6.07, 6.45) is 0. The number of amides is 3.